The maximum atomic E-state index is 12.4. The molecule has 1 atom stereocenters. The topological polar surface area (TPSA) is 84.4 Å². The lowest BCUT2D eigenvalue weighted by Crippen LogP contribution is -2.33. The quantitative estimate of drug-likeness (QED) is 0.701. The van der Waals surface area contributed by atoms with Crippen molar-refractivity contribution in [2.75, 3.05) is 25.1 Å². The molecule has 1 aromatic carbocycles. The Labute approximate surface area is 162 Å². The number of rotatable bonds is 8. The van der Waals surface area contributed by atoms with Gasteiger partial charge in [0.15, 0.2) is 0 Å². The molecule has 1 fully saturated rings. The number of ether oxygens (including phenoxy) is 1. The number of amides is 2. The van der Waals surface area contributed by atoms with Crippen LogP contribution in [0.25, 0.3) is 0 Å². The largest absolute Gasteiger partial charge is 0.496 e. The molecule has 1 aliphatic heterocycles. The van der Waals surface area contributed by atoms with Gasteiger partial charge in [-0.2, -0.15) is 0 Å². The third kappa shape index (κ3) is 4.63. The van der Waals surface area contributed by atoms with Gasteiger partial charge in [-0.15, -0.1) is 10.2 Å². The van der Waals surface area contributed by atoms with Gasteiger partial charge in [0.1, 0.15) is 10.8 Å². The van der Waals surface area contributed by atoms with Crippen LogP contribution in [0.1, 0.15) is 30.3 Å². The second kappa shape index (κ2) is 8.94. The molecule has 0 aliphatic carbocycles. The molecule has 2 aromatic rings. The molecule has 1 aliphatic rings. The molecule has 2 heterocycles. The van der Waals surface area contributed by atoms with Crippen LogP contribution in [0.5, 0.6) is 5.75 Å². The van der Waals surface area contributed by atoms with Crippen molar-refractivity contribution >= 4 is 28.3 Å². The Morgan fingerprint density at radius 1 is 1.37 bits per heavy atom. The van der Waals surface area contributed by atoms with Gasteiger partial charge in [0.05, 0.1) is 13.0 Å². The minimum atomic E-state index is -0.335. The minimum absolute atomic E-state index is 0.0667. The average molecular weight is 388 g/mol. The average Bonchev–Trinajstić information content (AvgIpc) is 3.31. The number of aromatic nitrogens is 2. The third-order valence-electron chi connectivity index (χ3n) is 4.60. The van der Waals surface area contributed by atoms with Crippen molar-refractivity contribution in [2.45, 2.75) is 32.6 Å². The van der Waals surface area contributed by atoms with E-state index in [-0.39, 0.29) is 24.2 Å². The number of benzene rings is 1. The highest BCUT2D eigenvalue weighted by Gasteiger charge is 2.36. The van der Waals surface area contributed by atoms with Crippen LogP contribution < -0.4 is 15.0 Å². The molecule has 7 nitrogen and oxygen atoms in total. The molecule has 2 amide bonds. The van der Waals surface area contributed by atoms with Crippen LogP contribution in [0.4, 0.5) is 5.13 Å². The number of nitrogens with one attached hydrogen (secondary N) is 1. The van der Waals surface area contributed by atoms with E-state index in [0.29, 0.717) is 18.2 Å². The van der Waals surface area contributed by atoms with Crippen molar-refractivity contribution in [2.24, 2.45) is 5.92 Å². The molecule has 8 heteroatoms. The van der Waals surface area contributed by atoms with Crippen LogP contribution in [0, 0.1) is 5.92 Å². The number of para-hydroxylation sites is 1. The van der Waals surface area contributed by atoms with Gasteiger partial charge in [-0.1, -0.05) is 36.5 Å². The zero-order valence-electron chi connectivity index (χ0n) is 15.6. The monoisotopic (exact) mass is 388 g/mol. The van der Waals surface area contributed by atoms with Gasteiger partial charge in [-0.05, 0) is 30.9 Å². The van der Waals surface area contributed by atoms with Gasteiger partial charge in [0, 0.05) is 19.5 Å². The summed E-state index contributed by atoms with van der Waals surface area (Å²) in [6.45, 7) is 2.94. The summed E-state index contributed by atoms with van der Waals surface area (Å²) in [6, 6.07) is 7.88. The highest BCUT2D eigenvalue weighted by molar-refractivity contribution is 7.15. The van der Waals surface area contributed by atoms with E-state index in [1.807, 2.05) is 31.2 Å². The Morgan fingerprint density at radius 2 is 2.19 bits per heavy atom. The van der Waals surface area contributed by atoms with Crippen molar-refractivity contribution in [3.8, 4) is 5.75 Å². The number of anilines is 1. The number of hydrogen-bond acceptors (Lipinski definition) is 6. The molecule has 27 heavy (non-hydrogen) atoms. The number of carbonyl (C=O) groups is 2. The summed E-state index contributed by atoms with van der Waals surface area (Å²) in [5.74, 6) is 0.385. The summed E-state index contributed by atoms with van der Waals surface area (Å²) in [5.41, 5.74) is 1.12. The second-order valence-electron chi connectivity index (χ2n) is 6.44. The normalized spacial score (nSPS) is 16.6. The number of aryl methyl sites for hydroxylation is 2. The van der Waals surface area contributed by atoms with Gasteiger partial charge in [0.25, 0.3) is 0 Å². The number of methoxy groups -OCH3 is 1. The SMILES string of the molecule is CCc1nnc(N2CC(C(=O)NCCCc3ccccc3OC)CC2=O)s1. The number of carbonyl (C=O) groups excluding carboxylic acids is 2. The van der Waals surface area contributed by atoms with Gasteiger partial charge < -0.3 is 10.1 Å². The number of nitrogens with zero attached hydrogens (tertiary/aromatic N) is 3. The summed E-state index contributed by atoms with van der Waals surface area (Å²) in [5, 5.41) is 12.5. The van der Waals surface area contributed by atoms with Crippen molar-refractivity contribution in [1.29, 1.82) is 0 Å². The summed E-state index contributed by atoms with van der Waals surface area (Å²) in [7, 11) is 1.66. The first-order valence-corrected chi connectivity index (χ1v) is 9.96. The molecule has 0 spiro atoms. The summed E-state index contributed by atoms with van der Waals surface area (Å²) < 4.78 is 5.34. The zero-order valence-corrected chi connectivity index (χ0v) is 16.4. The molecule has 3 rings (SSSR count). The zero-order chi connectivity index (χ0) is 19.2. The van der Waals surface area contributed by atoms with Crippen LogP contribution in [0.15, 0.2) is 24.3 Å². The van der Waals surface area contributed by atoms with Crippen LogP contribution >= 0.6 is 11.3 Å². The van der Waals surface area contributed by atoms with Crippen molar-refractivity contribution in [3.63, 3.8) is 0 Å². The number of hydrogen-bond donors (Lipinski definition) is 1. The predicted molar refractivity (Wildman–Crippen MR) is 104 cm³/mol. The Bertz CT molecular complexity index is 808. The van der Waals surface area contributed by atoms with E-state index in [9.17, 15) is 9.59 Å². The second-order valence-corrected chi connectivity index (χ2v) is 7.48. The van der Waals surface area contributed by atoms with Crippen molar-refractivity contribution < 1.29 is 14.3 Å². The van der Waals surface area contributed by atoms with Gasteiger partial charge in [0.2, 0.25) is 16.9 Å². The lowest BCUT2D eigenvalue weighted by atomic mass is 10.1. The molecule has 1 aromatic heterocycles. The fraction of sp³-hybridized carbons (Fsp3) is 0.474. The molecule has 0 bridgehead atoms. The molecule has 0 saturated carbocycles. The highest BCUT2D eigenvalue weighted by atomic mass is 32.1. The Balaban J connectivity index is 1.46. The molecule has 1 unspecified atom stereocenters. The van der Waals surface area contributed by atoms with Crippen LogP contribution in [-0.2, 0) is 22.4 Å². The Hall–Kier alpha value is -2.48. The Morgan fingerprint density at radius 3 is 2.93 bits per heavy atom. The molecule has 144 valence electrons. The summed E-state index contributed by atoms with van der Waals surface area (Å²) >= 11 is 1.41. The van der Waals surface area contributed by atoms with E-state index >= 15 is 0 Å². The first-order valence-electron chi connectivity index (χ1n) is 9.14. The molecule has 1 saturated heterocycles. The molecular weight excluding hydrogens is 364 g/mol. The molecular formula is C19H24N4O3S. The predicted octanol–water partition coefficient (Wildman–Crippen LogP) is 2.21. The smallest absolute Gasteiger partial charge is 0.229 e. The fourth-order valence-electron chi connectivity index (χ4n) is 3.11. The first-order chi connectivity index (χ1) is 13.1. The van der Waals surface area contributed by atoms with E-state index in [4.69, 9.17) is 4.74 Å². The molecule has 1 N–H and O–H groups in total. The van der Waals surface area contributed by atoms with E-state index in [1.54, 1.807) is 12.0 Å². The van der Waals surface area contributed by atoms with Gasteiger partial charge >= 0.3 is 0 Å². The van der Waals surface area contributed by atoms with Crippen LogP contribution in [0.2, 0.25) is 0 Å². The van der Waals surface area contributed by atoms with Crippen LogP contribution in [-0.4, -0.2) is 42.2 Å². The van der Waals surface area contributed by atoms with E-state index in [0.717, 1.165) is 35.6 Å². The first kappa shape index (κ1) is 19.3. The van der Waals surface area contributed by atoms with E-state index < -0.39 is 0 Å². The van der Waals surface area contributed by atoms with E-state index in [2.05, 4.69) is 15.5 Å². The lowest BCUT2D eigenvalue weighted by molar-refractivity contribution is -0.126. The van der Waals surface area contributed by atoms with Crippen molar-refractivity contribution in [1.82, 2.24) is 15.5 Å². The minimum Gasteiger partial charge on any atom is -0.496 e. The van der Waals surface area contributed by atoms with Gasteiger partial charge in [-0.3, -0.25) is 14.5 Å². The lowest BCUT2D eigenvalue weighted by Gasteiger charge is -2.13. The summed E-state index contributed by atoms with van der Waals surface area (Å²) in [4.78, 5) is 26.2. The van der Waals surface area contributed by atoms with Crippen LogP contribution in [0.3, 0.4) is 0 Å². The highest BCUT2D eigenvalue weighted by Crippen LogP contribution is 2.28. The van der Waals surface area contributed by atoms with Crippen molar-refractivity contribution in [3.05, 3.63) is 34.8 Å². The third-order valence-corrected chi connectivity index (χ3v) is 5.69. The van der Waals surface area contributed by atoms with E-state index in [1.165, 1.54) is 11.3 Å². The fourth-order valence-corrected chi connectivity index (χ4v) is 3.91. The maximum Gasteiger partial charge on any atom is 0.229 e. The summed E-state index contributed by atoms with van der Waals surface area (Å²) in [6.07, 6.45) is 2.65. The Kier molecular flexibility index (Phi) is 6.39. The maximum absolute atomic E-state index is 12.4. The van der Waals surface area contributed by atoms with Gasteiger partial charge in [-0.25, -0.2) is 0 Å². The molecule has 0 radical (unpaired) electrons. The standard InChI is InChI=1S/C19H24N4O3S/c1-3-16-21-22-19(27-16)23-12-14(11-17(23)24)18(25)20-10-6-8-13-7-4-5-9-15(13)26-2/h4-5,7,9,14H,3,6,8,10-12H2,1-2H3,(H,20,25).